The van der Waals surface area contributed by atoms with E-state index in [0.717, 1.165) is 24.8 Å². The summed E-state index contributed by atoms with van der Waals surface area (Å²) in [6.45, 7) is 6.20. The highest BCUT2D eigenvalue weighted by molar-refractivity contribution is 7.09. The lowest BCUT2D eigenvalue weighted by atomic mass is 10.1. The minimum absolute atomic E-state index is 0. The van der Waals surface area contributed by atoms with E-state index in [9.17, 15) is 4.79 Å². The van der Waals surface area contributed by atoms with Crippen LogP contribution in [0.1, 0.15) is 6.92 Å². The van der Waals surface area contributed by atoms with Crippen molar-refractivity contribution in [3.05, 3.63) is 0 Å². The van der Waals surface area contributed by atoms with E-state index in [1.807, 2.05) is 11.8 Å². The van der Waals surface area contributed by atoms with Crippen LogP contribution in [0.15, 0.2) is 0 Å². The van der Waals surface area contributed by atoms with Crippen LogP contribution >= 0.6 is 36.3 Å². The van der Waals surface area contributed by atoms with Gasteiger partial charge in [-0.15, -0.1) is 24.8 Å². The summed E-state index contributed by atoms with van der Waals surface area (Å²) in [5, 5.41) is 4.07. The van der Waals surface area contributed by atoms with Gasteiger partial charge in [-0.2, -0.15) is 9.36 Å². The first-order valence-corrected chi connectivity index (χ1v) is 7.90. The number of anilines is 2. The summed E-state index contributed by atoms with van der Waals surface area (Å²) in [5.41, 5.74) is 5.55. The number of amides is 1. The number of hydrogen-bond donors (Lipinski definition) is 2. The number of morpholine rings is 1. The Balaban J connectivity index is 0.00000132. The summed E-state index contributed by atoms with van der Waals surface area (Å²) in [6, 6.07) is -0.234. The van der Waals surface area contributed by atoms with Crippen molar-refractivity contribution in [1.29, 1.82) is 0 Å². The minimum atomic E-state index is -0.234. The number of aromatic nitrogens is 2. The van der Waals surface area contributed by atoms with Gasteiger partial charge in [-0.1, -0.05) is 0 Å². The fourth-order valence-corrected chi connectivity index (χ4v) is 3.33. The maximum Gasteiger partial charge on any atom is 0.242 e. The molecule has 3 N–H and O–H groups in total. The SMILES string of the molecule is C[C@H]1OCCN[C@@H]1C(=O)N1CCN(c2nc(N)ns2)CC1.Cl.Cl. The molecule has 2 atom stereocenters. The van der Waals surface area contributed by atoms with E-state index in [1.165, 1.54) is 11.5 Å². The van der Waals surface area contributed by atoms with Crippen LogP contribution in [-0.2, 0) is 9.53 Å². The van der Waals surface area contributed by atoms with Crippen molar-refractivity contribution in [3.63, 3.8) is 0 Å². The Morgan fingerprint density at radius 1 is 1.35 bits per heavy atom. The number of nitrogens with zero attached hydrogens (tertiary/aromatic N) is 4. The third-order valence-electron chi connectivity index (χ3n) is 3.88. The molecule has 11 heteroatoms. The average molecular weight is 385 g/mol. The van der Waals surface area contributed by atoms with Crippen molar-refractivity contribution in [2.45, 2.75) is 19.1 Å². The molecule has 2 aliphatic heterocycles. The van der Waals surface area contributed by atoms with E-state index in [0.29, 0.717) is 25.6 Å². The van der Waals surface area contributed by atoms with E-state index in [1.54, 1.807) is 0 Å². The summed E-state index contributed by atoms with van der Waals surface area (Å²) in [6.07, 6.45) is -0.0766. The van der Waals surface area contributed by atoms with E-state index in [-0.39, 0.29) is 42.9 Å². The summed E-state index contributed by atoms with van der Waals surface area (Å²) < 4.78 is 9.53. The zero-order valence-electron chi connectivity index (χ0n) is 12.8. The summed E-state index contributed by atoms with van der Waals surface area (Å²) in [5.74, 6) is 0.435. The molecule has 0 spiro atoms. The Hall–Kier alpha value is -0.870. The Labute approximate surface area is 151 Å². The van der Waals surface area contributed by atoms with E-state index >= 15 is 0 Å². The second kappa shape index (κ2) is 8.84. The number of nitrogen functional groups attached to an aromatic ring is 1. The van der Waals surface area contributed by atoms with Crippen LogP contribution in [0.25, 0.3) is 0 Å². The lowest BCUT2D eigenvalue weighted by Crippen LogP contribution is -2.59. The molecule has 3 rings (SSSR count). The molecule has 132 valence electrons. The predicted molar refractivity (Wildman–Crippen MR) is 94.8 cm³/mol. The van der Waals surface area contributed by atoms with Crippen LogP contribution in [0.3, 0.4) is 0 Å². The Kier molecular flexibility index (Phi) is 7.75. The number of nitrogens with two attached hydrogens (primary N) is 1. The standard InChI is InChI=1S/C12H20N6O2S.2ClH/c1-8-9(14-2-7-20-8)10(19)17-3-5-18(6-4-17)12-15-11(13)16-21-12;;/h8-9,14H,2-7H2,1H3,(H2,13,16);2*1H/t8-,9+;;/m1../s1. The molecule has 23 heavy (non-hydrogen) atoms. The number of carbonyl (C=O) groups is 1. The van der Waals surface area contributed by atoms with Gasteiger partial charge in [-0.05, 0) is 6.92 Å². The van der Waals surface area contributed by atoms with Gasteiger partial charge in [-0.3, -0.25) is 4.79 Å². The van der Waals surface area contributed by atoms with Crippen LogP contribution in [0.4, 0.5) is 11.1 Å². The van der Waals surface area contributed by atoms with Crippen LogP contribution in [0, 0.1) is 0 Å². The normalized spacial score (nSPS) is 24.6. The third kappa shape index (κ3) is 4.57. The molecule has 1 amide bonds. The molecule has 8 nitrogen and oxygen atoms in total. The Bertz CT molecular complexity index is 511. The van der Waals surface area contributed by atoms with Crippen molar-refractivity contribution >= 4 is 53.3 Å². The van der Waals surface area contributed by atoms with Gasteiger partial charge in [0.15, 0.2) is 0 Å². The molecule has 2 saturated heterocycles. The van der Waals surface area contributed by atoms with Gasteiger partial charge in [0, 0.05) is 44.3 Å². The predicted octanol–water partition coefficient (Wildman–Crippen LogP) is -0.0106. The van der Waals surface area contributed by atoms with Gasteiger partial charge in [0.05, 0.1) is 12.7 Å². The molecular formula is C12H22Cl2N6O2S. The number of rotatable bonds is 2. The fourth-order valence-electron chi connectivity index (χ4n) is 2.68. The first kappa shape index (κ1) is 20.2. The molecule has 2 fully saturated rings. The van der Waals surface area contributed by atoms with Gasteiger partial charge < -0.3 is 25.6 Å². The Morgan fingerprint density at radius 3 is 2.61 bits per heavy atom. The quantitative estimate of drug-likeness (QED) is 0.739. The number of piperazine rings is 1. The number of carbonyl (C=O) groups excluding carboxylic acids is 1. The minimum Gasteiger partial charge on any atom is -0.375 e. The van der Waals surface area contributed by atoms with E-state index in [4.69, 9.17) is 10.5 Å². The van der Waals surface area contributed by atoms with Gasteiger partial charge in [0.2, 0.25) is 17.0 Å². The zero-order valence-corrected chi connectivity index (χ0v) is 15.3. The van der Waals surface area contributed by atoms with Crippen LogP contribution in [0.5, 0.6) is 0 Å². The van der Waals surface area contributed by atoms with Gasteiger partial charge in [0.25, 0.3) is 0 Å². The second-order valence-corrected chi connectivity index (χ2v) is 5.99. The average Bonchev–Trinajstić information content (AvgIpc) is 2.94. The zero-order chi connectivity index (χ0) is 14.8. The van der Waals surface area contributed by atoms with Crippen molar-refractivity contribution in [2.24, 2.45) is 0 Å². The third-order valence-corrected chi connectivity index (χ3v) is 4.67. The second-order valence-electron chi connectivity index (χ2n) is 5.26. The highest BCUT2D eigenvalue weighted by atomic mass is 35.5. The molecule has 1 aromatic heterocycles. The molecule has 2 aliphatic rings. The van der Waals surface area contributed by atoms with E-state index in [2.05, 4.69) is 19.6 Å². The highest BCUT2D eigenvalue weighted by Crippen LogP contribution is 2.20. The summed E-state index contributed by atoms with van der Waals surface area (Å²) >= 11 is 1.30. The number of halogens is 2. The molecule has 0 unspecified atom stereocenters. The number of hydrogen-bond acceptors (Lipinski definition) is 8. The largest absolute Gasteiger partial charge is 0.375 e. The van der Waals surface area contributed by atoms with Crippen molar-refractivity contribution in [1.82, 2.24) is 19.6 Å². The van der Waals surface area contributed by atoms with E-state index < -0.39 is 0 Å². The summed E-state index contributed by atoms with van der Waals surface area (Å²) in [4.78, 5) is 20.7. The maximum atomic E-state index is 12.5. The fraction of sp³-hybridized carbons (Fsp3) is 0.750. The van der Waals surface area contributed by atoms with Crippen LogP contribution < -0.4 is 16.0 Å². The van der Waals surface area contributed by atoms with Crippen molar-refractivity contribution in [3.8, 4) is 0 Å². The maximum absolute atomic E-state index is 12.5. The number of nitrogens with one attached hydrogen (secondary N) is 1. The van der Waals surface area contributed by atoms with Crippen molar-refractivity contribution in [2.75, 3.05) is 50.0 Å². The topological polar surface area (TPSA) is 96.6 Å². The smallest absolute Gasteiger partial charge is 0.242 e. The Morgan fingerprint density at radius 2 is 2.04 bits per heavy atom. The van der Waals surface area contributed by atoms with Crippen LogP contribution in [0.2, 0.25) is 0 Å². The lowest BCUT2D eigenvalue weighted by molar-refractivity contribution is -0.139. The molecule has 0 aromatic carbocycles. The molecule has 0 saturated carbocycles. The molecular weight excluding hydrogens is 363 g/mol. The first-order valence-electron chi connectivity index (χ1n) is 7.13. The molecule has 0 radical (unpaired) electrons. The van der Waals surface area contributed by atoms with Gasteiger partial charge in [-0.25, -0.2) is 0 Å². The summed E-state index contributed by atoms with van der Waals surface area (Å²) in [7, 11) is 0. The molecule has 0 aliphatic carbocycles. The van der Waals surface area contributed by atoms with Gasteiger partial charge >= 0.3 is 0 Å². The lowest BCUT2D eigenvalue weighted by Gasteiger charge is -2.38. The van der Waals surface area contributed by atoms with Crippen LogP contribution in [-0.4, -0.2) is 71.6 Å². The molecule has 0 bridgehead atoms. The monoisotopic (exact) mass is 384 g/mol. The highest BCUT2D eigenvalue weighted by Gasteiger charge is 2.33. The first-order chi connectivity index (χ1) is 10.1. The molecule has 3 heterocycles. The number of ether oxygens (including phenoxy) is 1. The van der Waals surface area contributed by atoms with Gasteiger partial charge in [0.1, 0.15) is 6.04 Å². The van der Waals surface area contributed by atoms with Crippen molar-refractivity contribution < 1.29 is 9.53 Å². The molecule has 1 aromatic rings.